The number of hydrogen-bond donors (Lipinski definition) is 1. The standard InChI is InChI=1S/C15H26N2/c1-11-7-12(2)9-13(8-11)17(6)14(10-16)15(3,4)5/h7-9,14H,10,16H2,1-6H3. The van der Waals surface area contributed by atoms with Gasteiger partial charge in [0.25, 0.3) is 0 Å². The van der Waals surface area contributed by atoms with E-state index in [0.717, 1.165) is 0 Å². The summed E-state index contributed by atoms with van der Waals surface area (Å²) in [7, 11) is 2.14. The van der Waals surface area contributed by atoms with Crippen LogP contribution in [-0.2, 0) is 0 Å². The molecule has 2 nitrogen and oxygen atoms in total. The lowest BCUT2D eigenvalue weighted by Crippen LogP contribution is -2.47. The Bertz CT molecular complexity index is 357. The van der Waals surface area contributed by atoms with Crippen molar-refractivity contribution in [2.45, 2.75) is 40.7 Å². The fourth-order valence-electron chi connectivity index (χ4n) is 2.43. The first-order valence-corrected chi connectivity index (χ1v) is 6.27. The molecule has 96 valence electrons. The van der Waals surface area contributed by atoms with Crippen molar-refractivity contribution in [3.05, 3.63) is 29.3 Å². The van der Waals surface area contributed by atoms with E-state index in [-0.39, 0.29) is 5.41 Å². The highest BCUT2D eigenvalue weighted by Crippen LogP contribution is 2.28. The molecule has 17 heavy (non-hydrogen) atoms. The van der Waals surface area contributed by atoms with E-state index in [1.165, 1.54) is 16.8 Å². The number of hydrogen-bond acceptors (Lipinski definition) is 2. The Morgan fingerprint density at radius 2 is 1.59 bits per heavy atom. The molecule has 0 bridgehead atoms. The van der Waals surface area contributed by atoms with Crippen molar-refractivity contribution < 1.29 is 0 Å². The van der Waals surface area contributed by atoms with Crippen molar-refractivity contribution in [3.8, 4) is 0 Å². The molecule has 0 spiro atoms. The van der Waals surface area contributed by atoms with E-state index in [1.807, 2.05) is 0 Å². The smallest absolute Gasteiger partial charge is 0.0457 e. The lowest BCUT2D eigenvalue weighted by atomic mass is 9.85. The van der Waals surface area contributed by atoms with Gasteiger partial charge < -0.3 is 10.6 Å². The summed E-state index contributed by atoms with van der Waals surface area (Å²) in [6.07, 6.45) is 0. The van der Waals surface area contributed by atoms with Gasteiger partial charge in [0.15, 0.2) is 0 Å². The van der Waals surface area contributed by atoms with Crippen LogP contribution in [0, 0.1) is 19.3 Å². The van der Waals surface area contributed by atoms with Crippen LogP contribution in [0.3, 0.4) is 0 Å². The molecule has 1 rings (SSSR count). The number of nitrogens with two attached hydrogens (primary N) is 1. The Balaban J connectivity index is 3.06. The van der Waals surface area contributed by atoms with E-state index in [4.69, 9.17) is 5.73 Å². The van der Waals surface area contributed by atoms with Crippen LogP contribution in [0.15, 0.2) is 18.2 Å². The van der Waals surface area contributed by atoms with Crippen LogP contribution < -0.4 is 10.6 Å². The van der Waals surface area contributed by atoms with E-state index in [2.05, 4.69) is 64.8 Å². The summed E-state index contributed by atoms with van der Waals surface area (Å²) in [5.74, 6) is 0. The van der Waals surface area contributed by atoms with Gasteiger partial charge in [-0.1, -0.05) is 26.8 Å². The van der Waals surface area contributed by atoms with Crippen molar-refractivity contribution in [1.82, 2.24) is 0 Å². The molecule has 0 heterocycles. The number of anilines is 1. The van der Waals surface area contributed by atoms with Crippen LogP contribution >= 0.6 is 0 Å². The second-order valence-corrected chi connectivity index (χ2v) is 6.07. The molecule has 0 saturated heterocycles. The van der Waals surface area contributed by atoms with Gasteiger partial charge in [0, 0.05) is 25.3 Å². The Morgan fingerprint density at radius 3 is 1.94 bits per heavy atom. The SMILES string of the molecule is Cc1cc(C)cc(N(C)C(CN)C(C)(C)C)c1. The zero-order chi connectivity index (χ0) is 13.2. The van der Waals surface area contributed by atoms with E-state index in [1.54, 1.807) is 0 Å². The normalized spacial score (nSPS) is 13.6. The second-order valence-electron chi connectivity index (χ2n) is 6.07. The summed E-state index contributed by atoms with van der Waals surface area (Å²) in [4.78, 5) is 2.31. The van der Waals surface area contributed by atoms with Crippen LogP contribution in [-0.4, -0.2) is 19.6 Å². The van der Waals surface area contributed by atoms with Crippen molar-refractivity contribution in [1.29, 1.82) is 0 Å². The molecule has 0 amide bonds. The molecule has 1 aromatic carbocycles. The first-order chi connectivity index (χ1) is 7.75. The highest BCUT2D eigenvalue weighted by atomic mass is 15.2. The van der Waals surface area contributed by atoms with Gasteiger partial charge in [-0.15, -0.1) is 0 Å². The molecule has 1 atom stereocenters. The van der Waals surface area contributed by atoms with E-state index < -0.39 is 0 Å². The van der Waals surface area contributed by atoms with Crippen LogP contribution in [0.25, 0.3) is 0 Å². The first-order valence-electron chi connectivity index (χ1n) is 6.27. The summed E-state index contributed by atoms with van der Waals surface area (Å²) in [5.41, 5.74) is 9.98. The predicted octanol–water partition coefficient (Wildman–Crippen LogP) is 3.11. The second kappa shape index (κ2) is 5.09. The molecule has 2 heteroatoms. The zero-order valence-corrected chi connectivity index (χ0v) is 12.0. The van der Waals surface area contributed by atoms with Gasteiger partial charge in [-0.05, 0) is 42.5 Å². The highest BCUT2D eigenvalue weighted by Gasteiger charge is 2.27. The Kier molecular flexibility index (Phi) is 4.21. The quantitative estimate of drug-likeness (QED) is 0.870. The molecule has 0 aliphatic heterocycles. The molecular formula is C15H26N2. The molecule has 0 saturated carbocycles. The Labute approximate surface area is 106 Å². The summed E-state index contributed by atoms with van der Waals surface area (Å²) >= 11 is 0. The maximum absolute atomic E-state index is 5.93. The summed E-state index contributed by atoms with van der Waals surface area (Å²) < 4.78 is 0. The lowest BCUT2D eigenvalue weighted by molar-refractivity contribution is 0.316. The largest absolute Gasteiger partial charge is 0.370 e. The third kappa shape index (κ3) is 3.47. The molecule has 1 aromatic rings. The van der Waals surface area contributed by atoms with E-state index >= 15 is 0 Å². The van der Waals surface area contributed by atoms with Crippen molar-refractivity contribution in [3.63, 3.8) is 0 Å². The number of aryl methyl sites for hydroxylation is 2. The molecule has 0 radical (unpaired) electrons. The van der Waals surface area contributed by atoms with E-state index in [0.29, 0.717) is 12.6 Å². The van der Waals surface area contributed by atoms with Crippen molar-refractivity contribution in [2.24, 2.45) is 11.1 Å². The number of rotatable bonds is 3. The minimum absolute atomic E-state index is 0.182. The van der Waals surface area contributed by atoms with Gasteiger partial charge in [-0.25, -0.2) is 0 Å². The van der Waals surface area contributed by atoms with Gasteiger partial charge in [-0.2, -0.15) is 0 Å². The van der Waals surface area contributed by atoms with Gasteiger partial charge >= 0.3 is 0 Å². The van der Waals surface area contributed by atoms with Crippen molar-refractivity contribution >= 4 is 5.69 Å². The Hall–Kier alpha value is -1.02. The third-order valence-electron chi connectivity index (χ3n) is 3.30. The fourth-order valence-corrected chi connectivity index (χ4v) is 2.43. The average molecular weight is 234 g/mol. The molecule has 1 unspecified atom stereocenters. The molecule has 0 aliphatic rings. The third-order valence-corrected chi connectivity index (χ3v) is 3.30. The molecule has 0 aliphatic carbocycles. The maximum atomic E-state index is 5.93. The van der Waals surface area contributed by atoms with Gasteiger partial charge in [0.05, 0.1) is 0 Å². The minimum atomic E-state index is 0.182. The fraction of sp³-hybridized carbons (Fsp3) is 0.600. The van der Waals surface area contributed by atoms with Crippen LogP contribution in [0.4, 0.5) is 5.69 Å². The van der Waals surface area contributed by atoms with Gasteiger partial charge in [0.1, 0.15) is 0 Å². The molecule has 0 aromatic heterocycles. The molecule has 0 fully saturated rings. The van der Waals surface area contributed by atoms with Gasteiger partial charge in [0.2, 0.25) is 0 Å². The first kappa shape index (κ1) is 14.0. The predicted molar refractivity (Wildman–Crippen MR) is 76.6 cm³/mol. The van der Waals surface area contributed by atoms with Crippen LogP contribution in [0.2, 0.25) is 0 Å². The minimum Gasteiger partial charge on any atom is -0.370 e. The number of likely N-dealkylation sites (N-methyl/N-ethyl adjacent to an activating group) is 1. The van der Waals surface area contributed by atoms with Crippen molar-refractivity contribution in [2.75, 3.05) is 18.5 Å². The maximum Gasteiger partial charge on any atom is 0.0457 e. The van der Waals surface area contributed by atoms with Gasteiger partial charge in [-0.3, -0.25) is 0 Å². The lowest BCUT2D eigenvalue weighted by Gasteiger charge is -2.39. The monoisotopic (exact) mass is 234 g/mol. The Morgan fingerprint density at radius 1 is 1.12 bits per heavy atom. The van der Waals surface area contributed by atoms with E-state index in [9.17, 15) is 0 Å². The highest BCUT2D eigenvalue weighted by molar-refractivity contribution is 5.51. The van der Waals surface area contributed by atoms with Crippen LogP contribution in [0.5, 0.6) is 0 Å². The number of nitrogens with zero attached hydrogens (tertiary/aromatic N) is 1. The summed E-state index contributed by atoms with van der Waals surface area (Å²) in [6, 6.07) is 7.00. The topological polar surface area (TPSA) is 29.3 Å². The van der Waals surface area contributed by atoms with Crippen LogP contribution in [0.1, 0.15) is 31.9 Å². The number of benzene rings is 1. The molecule has 2 N–H and O–H groups in total. The average Bonchev–Trinajstić information content (AvgIpc) is 2.14. The zero-order valence-electron chi connectivity index (χ0n) is 12.0. The summed E-state index contributed by atoms with van der Waals surface area (Å²) in [5, 5.41) is 0. The molecular weight excluding hydrogens is 208 g/mol. The summed E-state index contributed by atoms with van der Waals surface area (Å²) in [6.45, 7) is 11.7.